The first kappa shape index (κ1) is 24.0. The van der Waals surface area contributed by atoms with Crippen molar-refractivity contribution in [3.63, 3.8) is 0 Å². The number of piperidine rings is 1. The van der Waals surface area contributed by atoms with Crippen molar-refractivity contribution in [3.8, 4) is 0 Å². The molecule has 0 bridgehead atoms. The Kier molecular flexibility index (Phi) is 7.05. The topological polar surface area (TPSA) is 123 Å². The lowest BCUT2D eigenvalue weighted by Crippen LogP contribution is -2.39. The van der Waals surface area contributed by atoms with Gasteiger partial charge in [-0.25, -0.2) is 13.4 Å². The molecule has 1 aromatic heterocycles. The fourth-order valence-electron chi connectivity index (χ4n) is 3.90. The van der Waals surface area contributed by atoms with Crippen LogP contribution >= 0.6 is 11.3 Å². The van der Waals surface area contributed by atoms with Crippen LogP contribution in [0.15, 0.2) is 59.6 Å². The molecule has 0 aliphatic carbocycles. The van der Waals surface area contributed by atoms with Crippen LogP contribution in [-0.2, 0) is 10.0 Å². The number of non-ortho nitro benzene ring substituents is 1. The lowest BCUT2D eigenvalue weighted by atomic mass is 9.98. The maximum Gasteiger partial charge on any atom is 0.269 e. The Morgan fingerprint density at radius 2 is 1.85 bits per heavy atom. The SMILES string of the molecule is Cc1ccccc1C(=O)c1cnc(NCC2CCN(S(=O)(=O)c3ccc([N+](=O)[O-])cc3)CC2)s1. The molecule has 0 atom stereocenters. The molecule has 2 aromatic carbocycles. The first-order chi connectivity index (χ1) is 16.3. The van der Waals surface area contributed by atoms with Gasteiger partial charge in [-0.05, 0) is 43.4 Å². The summed E-state index contributed by atoms with van der Waals surface area (Å²) in [7, 11) is -3.69. The smallest absolute Gasteiger partial charge is 0.269 e. The van der Waals surface area contributed by atoms with Crippen molar-refractivity contribution in [1.29, 1.82) is 0 Å². The van der Waals surface area contributed by atoms with Gasteiger partial charge in [-0.1, -0.05) is 35.6 Å². The zero-order chi connectivity index (χ0) is 24.3. The van der Waals surface area contributed by atoms with E-state index in [1.54, 1.807) is 6.20 Å². The fraction of sp³-hybridized carbons (Fsp3) is 0.304. The Hall–Kier alpha value is -3.15. The number of thiazole rings is 1. The quantitative estimate of drug-likeness (QED) is 0.281. The van der Waals surface area contributed by atoms with Gasteiger partial charge in [-0.2, -0.15) is 4.31 Å². The monoisotopic (exact) mass is 500 g/mol. The fourth-order valence-corrected chi connectivity index (χ4v) is 6.14. The molecule has 1 saturated heterocycles. The van der Waals surface area contributed by atoms with E-state index in [0.29, 0.717) is 48.0 Å². The van der Waals surface area contributed by atoms with Gasteiger partial charge in [0, 0.05) is 37.3 Å². The van der Waals surface area contributed by atoms with Crippen LogP contribution in [0.2, 0.25) is 0 Å². The zero-order valence-corrected chi connectivity index (χ0v) is 20.1. The molecule has 0 spiro atoms. The minimum absolute atomic E-state index is 0.0478. The number of ketones is 1. The number of carbonyl (C=O) groups is 1. The average molecular weight is 501 g/mol. The molecule has 11 heteroatoms. The Morgan fingerprint density at radius 1 is 1.18 bits per heavy atom. The normalized spacial score (nSPS) is 15.2. The maximum absolute atomic E-state index is 12.9. The lowest BCUT2D eigenvalue weighted by molar-refractivity contribution is -0.384. The minimum atomic E-state index is -3.69. The van der Waals surface area contributed by atoms with Crippen molar-refractivity contribution < 1.29 is 18.1 Å². The first-order valence-electron chi connectivity index (χ1n) is 10.8. The zero-order valence-electron chi connectivity index (χ0n) is 18.5. The summed E-state index contributed by atoms with van der Waals surface area (Å²) >= 11 is 1.31. The third-order valence-corrected chi connectivity index (χ3v) is 8.79. The van der Waals surface area contributed by atoms with Crippen LogP contribution in [0.3, 0.4) is 0 Å². The second-order valence-electron chi connectivity index (χ2n) is 8.15. The highest BCUT2D eigenvalue weighted by Gasteiger charge is 2.29. The van der Waals surface area contributed by atoms with E-state index in [2.05, 4.69) is 10.3 Å². The number of carbonyl (C=O) groups excluding carboxylic acids is 1. The van der Waals surface area contributed by atoms with E-state index in [1.807, 2.05) is 31.2 Å². The van der Waals surface area contributed by atoms with Crippen molar-refractivity contribution in [2.45, 2.75) is 24.7 Å². The van der Waals surface area contributed by atoms with Crippen LogP contribution in [0.5, 0.6) is 0 Å². The van der Waals surface area contributed by atoms with Gasteiger partial charge in [0.25, 0.3) is 5.69 Å². The molecule has 1 aliphatic rings. The van der Waals surface area contributed by atoms with Gasteiger partial charge in [0.05, 0.1) is 20.9 Å². The molecule has 2 heterocycles. The minimum Gasteiger partial charge on any atom is -0.361 e. The average Bonchev–Trinajstić information content (AvgIpc) is 3.32. The summed E-state index contributed by atoms with van der Waals surface area (Å²) in [5, 5.41) is 14.7. The molecule has 3 aromatic rings. The van der Waals surface area contributed by atoms with Crippen molar-refractivity contribution in [2.75, 3.05) is 25.0 Å². The van der Waals surface area contributed by atoms with E-state index in [9.17, 15) is 23.3 Å². The van der Waals surface area contributed by atoms with Gasteiger partial charge in [0.1, 0.15) is 0 Å². The predicted molar refractivity (Wildman–Crippen MR) is 130 cm³/mol. The van der Waals surface area contributed by atoms with Crippen molar-refractivity contribution in [3.05, 3.63) is 80.8 Å². The van der Waals surface area contributed by atoms with E-state index in [-0.39, 0.29) is 22.3 Å². The molecule has 34 heavy (non-hydrogen) atoms. The number of nitrogens with one attached hydrogen (secondary N) is 1. The van der Waals surface area contributed by atoms with Crippen molar-refractivity contribution in [1.82, 2.24) is 9.29 Å². The summed E-state index contributed by atoms with van der Waals surface area (Å²) in [4.78, 5) is 27.9. The largest absolute Gasteiger partial charge is 0.361 e. The number of hydrogen-bond donors (Lipinski definition) is 1. The summed E-state index contributed by atoms with van der Waals surface area (Å²) in [6, 6.07) is 12.4. The number of aromatic nitrogens is 1. The van der Waals surface area contributed by atoms with Crippen LogP contribution in [-0.4, -0.2) is 48.0 Å². The molecule has 0 saturated carbocycles. The highest BCUT2D eigenvalue weighted by atomic mass is 32.2. The van der Waals surface area contributed by atoms with Gasteiger partial charge in [-0.15, -0.1) is 0 Å². The maximum atomic E-state index is 12.9. The predicted octanol–water partition coefficient (Wildman–Crippen LogP) is 4.10. The van der Waals surface area contributed by atoms with Crippen molar-refractivity contribution >= 4 is 38.0 Å². The summed E-state index contributed by atoms with van der Waals surface area (Å²) in [5.74, 6) is 0.219. The molecule has 4 rings (SSSR count). The number of benzene rings is 2. The number of nitrogens with zero attached hydrogens (tertiary/aromatic N) is 3. The van der Waals surface area contributed by atoms with Crippen LogP contribution in [0.25, 0.3) is 0 Å². The third-order valence-electron chi connectivity index (χ3n) is 5.92. The Balaban J connectivity index is 1.30. The summed E-state index contributed by atoms with van der Waals surface area (Å²) < 4.78 is 27.1. The number of nitro groups is 1. The van der Waals surface area contributed by atoms with Crippen molar-refractivity contribution in [2.24, 2.45) is 5.92 Å². The van der Waals surface area contributed by atoms with E-state index in [4.69, 9.17) is 0 Å². The number of rotatable bonds is 8. The Labute approximate surface area is 201 Å². The second kappa shape index (κ2) is 10.00. The molecule has 1 N–H and O–H groups in total. The molecular formula is C23H24N4O5S2. The molecule has 0 unspecified atom stereocenters. The molecule has 1 aliphatic heterocycles. The van der Waals surface area contributed by atoms with E-state index < -0.39 is 14.9 Å². The van der Waals surface area contributed by atoms with Crippen LogP contribution in [0.1, 0.15) is 33.6 Å². The van der Waals surface area contributed by atoms with Gasteiger partial charge < -0.3 is 5.32 Å². The lowest BCUT2D eigenvalue weighted by Gasteiger charge is -2.31. The van der Waals surface area contributed by atoms with Crippen LogP contribution < -0.4 is 5.32 Å². The van der Waals surface area contributed by atoms with E-state index in [1.165, 1.54) is 39.9 Å². The summed E-state index contributed by atoms with van der Waals surface area (Å²) in [6.07, 6.45) is 2.94. The number of nitro benzene ring substituents is 1. The van der Waals surface area contributed by atoms with Gasteiger partial charge >= 0.3 is 0 Å². The molecule has 9 nitrogen and oxygen atoms in total. The highest BCUT2D eigenvalue weighted by Crippen LogP contribution is 2.27. The Morgan fingerprint density at radius 3 is 2.50 bits per heavy atom. The van der Waals surface area contributed by atoms with Gasteiger partial charge in [-0.3, -0.25) is 14.9 Å². The van der Waals surface area contributed by atoms with E-state index >= 15 is 0 Å². The number of aryl methyl sites for hydroxylation is 1. The first-order valence-corrected chi connectivity index (χ1v) is 13.1. The van der Waals surface area contributed by atoms with Crippen LogP contribution in [0, 0.1) is 23.0 Å². The Bertz CT molecular complexity index is 1300. The van der Waals surface area contributed by atoms with Crippen LogP contribution in [0.4, 0.5) is 10.8 Å². The molecule has 178 valence electrons. The third kappa shape index (κ3) is 5.16. The van der Waals surface area contributed by atoms with Gasteiger partial charge in [0.15, 0.2) is 5.13 Å². The summed E-state index contributed by atoms with van der Waals surface area (Å²) in [6.45, 7) is 3.29. The molecule has 0 amide bonds. The standard InChI is InChI=1S/C23H24N4O5S2/c1-16-4-2-3-5-20(16)22(28)21-15-25-23(33-21)24-14-17-10-12-26(13-11-17)34(31,32)19-8-6-18(7-9-19)27(29)30/h2-9,15,17H,10-14H2,1H3,(H,24,25). The molecule has 1 fully saturated rings. The number of hydrogen-bond acceptors (Lipinski definition) is 8. The molecular weight excluding hydrogens is 476 g/mol. The molecule has 0 radical (unpaired) electrons. The summed E-state index contributed by atoms with van der Waals surface area (Å²) in [5.41, 5.74) is 1.44. The number of sulfonamides is 1. The highest BCUT2D eigenvalue weighted by molar-refractivity contribution is 7.89. The second-order valence-corrected chi connectivity index (χ2v) is 11.1. The number of anilines is 1. The van der Waals surface area contributed by atoms with E-state index in [0.717, 1.165) is 5.56 Å². The van der Waals surface area contributed by atoms with Gasteiger partial charge in [0.2, 0.25) is 15.8 Å².